The van der Waals surface area contributed by atoms with Crippen LogP contribution < -0.4 is 5.73 Å². The van der Waals surface area contributed by atoms with Gasteiger partial charge in [0, 0.05) is 12.1 Å². The summed E-state index contributed by atoms with van der Waals surface area (Å²) in [5.74, 6) is 1.30. The summed E-state index contributed by atoms with van der Waals surface area (Å²) >= 11 is 6.23. The maximum atomic E-state index is 6.23. The molecule has 0 aliphatic heterocycles. The van der Waals surface area contributed by atoms with E-state index in [0.717, 1.165) is 12.1 Å². The first-order chi connectivity index (χ1) is 8.99. The van der Waals surface area contributed by atoms with Crippen LogP contribution in [-0.2, 0) is 6.54 Å². The van der Waals surface area contributed by atoms with E-state index in [9.17, 15) is 0 Å². The third-order valence-electron chi connectivity index (χ3n) is 3.91. The van der Waals surface area contributed by atoms with Crippen molar-refractivity contribution in [3.05, 3.63) is 23.2 Å². The zero-order valence-electron chi connectivity index (χ0n) is 11.0. The number of benzene rings is 1. The lowest BCUT2D eigenvalue weighted by Gasteiger charge is -2.08. The van der Waals surface area contributed by atoms with Gasteiger partial charge in [-0.05, 0) is 40.3 Å². The Bertz CT molecular complexity index is 619. The number of nitrogens with zero attached hydrogens (tertiary/aromatic N) is 4. The Morgan fingerprint density at radius 1 is 1.47 bits per heavy atom. The number of hydrogen-bond acceptors (Lipinski definition) is 4. The minimum atomic E-state index is 0.392. The second kappa shape index (κ2) is 4.20. The second-order valence-corrected chi connectivity index (χ2v) is 6.16. The van der Waals surface area contributed by atoms with Gasteiger partial charge in [0.05, 0.1) is 10.7 Å². The fourth-order valence-corrected chi connectivity index (χ4v) is 2.55. The Morgan fingerprint density at radius 2 is 2.21 bits per heavy atom. The molecule has 1 saturated carbocycles. The fraction of sp³-hybridized carbons (Fsp3) is 0.462. The van der Waals surface area contributed by atoms with Gasteiger partial charge < -0.3 is 5.73 Å². The molecule has 1 unspecified atom stereocenters. The van der Waals surface area contributed by atoms with E-state index in [1.54, 1.807) is 6.07 Å². The fourth-order valence-electron chi connectivity index (χ4n) is 2.34. The zero-order valence-corrected chi connectivity index (χ0v) is 11.7. The van der Waals surface area contributed by atoms with Crippen molar-refractivity contribution in [2.45, 2.75) is 26.8 Å². The molecule has 0 bridgehead atoms. The van der Waals surface area contributed by atoms with Crippen LogP contribution in [0.5, 0.6) is 0 Å². The number of aromatic nitrogens is 4. The number of hydrogen-bond donors (Lipinski definition) is 1. The lowest BCUT2D eigenvalue weighted by atomic mass is 10.1. The summed E-state index contributed by atoms with van der Waals surface area (Å²) in [6.45, 7) is 5.34. The molecule has 2 aromatic rings. The van der Waals surface area contributed by atoms with Gasteiger partial charge in [-0.3, -0.25) is 0 Å². The predicted molar refractivity (Wildman–Crippen MR) is 74.6 cm³/mol. The highest BCUT2D eigenvalue weighted by atomic mass is 35.5. The van der Waals surface area contributed by atoms with Crippen LogP contribution in [0, 0.1) is 11.3 Å². The maximum Gasteiger partial charge on any atom is 0.183 e. The largest absolute Gasteiger partial charge is 0.398 e. The molecule has 1 atom stereocenters. The Balaban J connectivity index is 1.94. The van der Waals surface area contributed by atoms with Crippen molar-refractivity contribution in [2.75, 3.05) is 5.73 Å². The van der Waals surface area contributed by atoms with Crippen LogP contribution in [-0.4, -0.2) is 20.2 Å². The minimum Gasteiger partial charge on any atom is -0.398 e. The molecule has 6 heteroatoms. The van der Waals surface area contributed by atoms with Crippen LogP contribution in [0.2, 0.25) is 5.02 Å². The number of nitrogen functional groups attached to an aromatic ring is 1. The molecule has 100 valence electrons. The van der Waals surface area contributed by atoms with Crippen LogP contribution >= 0.6 is 11.6 Å². The highest BCUT2D eigenvalue weighted by molar-refractivity contribution is 6.35. The summed E-state index contributed by atoms with van der Waals surface area (Å²) in [7, 11) is 0. The molecular formula is C13H16ClN5. The molecule has 0 saturated heterocycles. The Morgan fingerprint density at radius 3 is 2.89 bits per heavy atom. The standard InChI is InChI=1S/C13H16ClN5/c1-13(2)6-8(13)7-19-12(16-17-18-19)9-4-3-5-10(15)11(9)14/h3-5,8H,6-7,15H2,1-2H3. The summed E-state index contributed by atoms with van der Waals surface area (Å²) in [5, 5.41) is 12.4. The molecule has 0 amide bonds. The van der Waals surface area contributed by atoms with Gasteiger partial charge in [-0.25, -0.2) is 4.68 Å². The average molecular weight is 278 g/mol. The molecule has 1 heterocycles. The lowest BCUT2D eigenvalue weighted by molar-refractivity contribution is 0.467. The molecule has 5 nitrogen and oxygen atoms in total. The molecule has 0 spiro atoms. The van der Waals surface area contributed by atoms with E-state index in [1.165, 1.54) is 6.42 Å². The van der Waals surface area contributed by atoms with Crippen LogP contribution in [0.15, 0.2) is 18.2 Å². The van der Waals surface area contributed by atoms with E-state index < -0.39 is 0 Å². The Labute approximate surface area is 116 Å². The molecule has 19 heavy (non-hydrogen) atoms. The monoisotopic (exact) mass is 277 g/mol. The van der Waals surface area contributed by atoms with E-state index in [4.69, 9.17) is 17.3 Å². The highest BCUT2D eigenvalue weighted by Gasteiger charge is 2.46. The third-order valence-corrected chi connectivity index (χ3v) is 4.33. The minimum absolute atomic E-state index is 0.392. The van der Waals surface area contributed by atoms with E-state index in [-0.39, 0.29) is 0 Å². The van der Waals surface area contributed by atoms with Gasteiger partial charge in [0.2, 0.25) is 0 Å². The third kappa shape index (κ3) is 2.18. The quantitative estimate of drug-likeness (QED) is 0.876. The van der Waals surface area contributed by atoms with E-state index in [2.05, 4.69) is 29.4 Å². The van der Waals surface area contributed by atoms with Gasteiger partial charge in [0.1, 0.15) is 0 Å². The van der Waals surface area contributed by atoms with Gasteiger partial charge in [-0.1, -0.05) is 31.5 Å². The number of anilines is 1. The molecule has 1 aliphatic rings. The Kier molecular flexibility index (Phi) is 2.74. The van der Waals surface area contributed by atoms with Gasteiger partial charge in [0.15, 0.2) is 5.82 Å². The second-order valence-electron chi connectivity index (χ2n) is 5.78. The van der Waals surface area contributed by atoms with Crippen molar-refractivity contribution < 1.29 is 0 Å². The summed E-state index contributed by atoms with van der Waals surface area (Å²) in [6, 6.07) is 5.51. The van der Waals surface area contributed by atoms with Gasteiger partial charge >= 0.3 is 0 Å². The summed E-state index contributed by atoms with van der Waals surface area (Å²) < 4.78 is 1.82. The van der Waals surface area contributed by atoms with Crippen molar-refractivity contribution in [3.8, 4) is 11.4 Å². The zero-order chi connectivity index (χ0) is 13.6. The lowest BCUT2D eigenvalue weighted by Crippen LogP contribution is -2.08. The topological polar surface area (TPSA) is 69.6 Å². The number of rotatable bonds is 3. The molecule has 1 aromatic heterocycles. The van der Waals surface area contributed by atoms with Crippen LogP contribution in [0.3, 0.4) is 0 Å². The highest BCUT2D eigenvalue weighted by Crippen LogP contribution is 2.52. The first kappa shape index (κ1) is 12.4. The van der Waals surface area contributed by atoms with Crippen molar-refractivity contribution >= 4 is 17.3 Å². The number of tetrazole rings is 1. The summed E-state index contributed by atoms with van der Waals surface area (Å²) in [4.78, 5) is 0. The predicted octanol–water partition coefficient (Wildman–Crippen LogP) is 2.62. The van der Waals surface area contributed by atoms with Gasteiger partial charge in [-0.15, -0.1) is 5.10 Å². The average Bonchev–Trinajstić information content (AvgIpc) is 2.74. The maximum absolute atomic E-state index is 6.23. The molecule has 3 rings (SSSR count). The van der Waals surface area contributed by atoms with E-state index in [1.807, 2.05) is 16.8 Å². The summed E-state index contributed by atoms with van der Waals surface area (Å²) in [5.41, 5.74) is 7.54. The van der Waals surface area contributed by atoms with Crippen LogP contribution in [0.1, 0.15) is 20.3 Å². The van der Waals surface area contributed by atoms with Gasteiger partial charge in [-0.2, -0.15) is 0 Å². The summed E-state index contributed by atoms with van der Waals surface area (Å²) in [6.07, 6.45) is 1.21. The smallest absolute Gasteiger partial charge is 0.183 e. The number of halogens is 1. The molecular weight excluding hydrogens is 262 g/mol. The number of nitrogens with two attached hydrogens (primary N) is 1. The van der Waals surface area contributed by atoms with E-state index >= 15 is 0 Å². The van der Waals surface area contributed by atoms with E-state index in [0.29, 0.717) is 27.9 Å². The first-order valence-corrected chi connectivity index (χ1v) is 6.67. The van der Waals surface area contributed by atoms with Crippen molar-refractivity contribution in [1.82, 2.24) is 20.2 Å². The van der Waals surface area contributed by atoms with Crippen LogP contribution in [0.4, 0.5) is 5.69 Å². The molecule has 0 radical (unpaired) electrons. The van der Waals surface area contributed by atoms with Crippen molar-refractivity contribution in [3.63, 3.8) is 0 Å². The molecule has 2 N–H and O–H groups in total. The van der Waals surface area contributed by atoms with Crippen molar-refractivity contribution in [1.29, 1.82) is 0 Å². The Hall–Kier alpha value is -1.62. The van der Waals surface area contributed by atoms with Gasteiger partial charge in [0.25, 0.3) is 0 Å². The molecule has 1 fully saturated rings. The molecule has 1 aliphatic carbocycles. The molecule has 1 aromatic carbocycles. The first-order valence-electron chi connectivity index (χ1n) is 6.29. The van der Waals surface area contributed by atoms with Crippen LogP contribution in [0.25, 0.3) is 11.4 Å². The van der Waals surface area contributed by atoms with Crippen molar-refractivity contribution in [2.24, 2.45) is 11.3 Å². The SMILES string of the molecule is CC1(C)CC1Cn1nnnc1-c1cccc(N)c1Cl. The normalized spacial score (nSPS) is 20.5.